The number of carboxylic acid groups (broad SMARTS) is 1. The molecule has 0 aliphatic carbocycles. The second-order valence-corrected chi connectivity index (χ2v) is 3.75. The Bertz CT molecular complexity index is 587. The second kappa shape index (κ2) is 7.48. The molecular weight excluding hydrogens is 232 g/mol. The van der Waals surface area contributed by atoms with E-state index in [0.717, 1.165) is 19.3 Å². The summed E-state index contributed by atoms with van der Waals surface area (Å²) in [7, 11) is 0. The molecule has 4 nitrogen and oxygen atoms in total. The van der Waals surface area contributed by atoms with Crippen LogP contribution < -0.4 is 0 Å². The highest BCUT2D eigenvalue weighted by Gasteiger charge is 2.16. The summed E-state index contributed by atoms with van der Waals surface area (Å²) in [6, 6.07) is -2.81. The maximum absolute atomic E-state index is 12.0. The van der Waals surface area contributed by atoms with Crippen LogP contribution in [0.15, 0.2) is 24.2 Å². The second-order valence-electron chi connectivity index (χ2n) is 3.75. The summed E-state index contributed by atoms with van der Waals surface area (Å²) in [5.74, 6) is -2.63. The Morgan fingerprint density at radius 3 is 2.50 bits per heavy atom. The van der Waals surface area contributed by atoms with Crippen molar-refractivity contribution in [1.82, 2.24) is 0 Å². The van der Waals surface area contributed by atoms with E-state index in [1.165, 1.54) is 0 Å². The lowest BCUT2D eigenvalue weighted by atomic mass is 10.1. The highest BCUT2D eigenvalue weighted by molar-refractivity contribution is 6.02. The highest BCUT2D eigenvalue weighted by atomic mass is 16.5. The Morgan fingerprint density at radius 1 is 1.22 bits per heavy atom. The molecule has 0 saturated carbocycles. The zero-order valence-corrected chi connectivity index (χ0v) is 10.2. The van der Waals surface area contributed by atoms with Crippen LogP contribution in [0.2, 0.25) is 0 Å². The number of hydrogen-bond acceptors (Lipinski definition) is 3. The van der Waals surface area contributed by atoms with E-state index in [-0.39, 0.29) is 6.61 Å². The SMILES string of the molecule is [2H]c1c([2H])c([2H])c(C(=O)OCCCCCC)c(C(=O)O)c1[2H]. The molecule has 0 aromatic heterocycles. The number of hydrogen-bond donors (Lipinski definition) is 1. The summed E-state index contributed by atoms with van der Waals surface area (Å²) >= 11 is 0. The Balaban J connectivity index is 3.07. The summed E-state index contributed by atoms with van der Waals surface area (Å²) < 4.78 is 35.2. The van der Waals surface area contributed by atoms with Gasteiger partial charge in [0, 0.05) is 0 Å². The number of carboxylic acids is 1. The van der Waals surface area contributed by atoms with Crippen molar-refractivity contribution in [3.63, 3.8) is 0 Å². The number of aromatic carboxylic acids is 1. The molecule has 0 fully saturated rings. The highest BCUT2D eigenvalue weighted by Crippen LogP contribution is 2.11. The first kappa shape index (κ1) is 9.14. The summed E-state index contributed by atoms with van der Waals surface area (Å²) in [6.07, 6.45) is 3.49. The summed E-state index contributed by atoms with van der Waals surface area (Å²) in [6.45, 7) is 2.12. The maximum atomic E-state index is 12.0. The first-order chi connectivity index (χ1) is 10.3. The predicted octanol–water partition coefficient (Wildman–Crippen LogP) is 3.12. The van der Waals surface area contributed by atoms with Crippen LogP contribution in [-0.4, -0.2) is 23.7 Å². The summed E-state index contributed by atoms with van der Waals surface area (Å²) in [5.41, 5.74) is -1.39. The molecule has 0 aliphatic heterocycles. The van der Waals surface area contributed by atoms with Crippen LogP contribution >= 0.6 is 0 Å². The Kier molecular flexibility index (Phi) is 3.80. The number of benzene rings is 1. The average Bonchev–Trinajstić information content (AvgIpc) is 2.47. The number of esters is 1. The molecule has 1 aromatic carbocycles. The third-order valence-electron chi connectivity index (χ3n) is 2.34. The van der Waals surface area contributed by atoms with E-state index in [4.69, 9.17) is 15.3 Å². The fourth-order valence-corrected chi connectivity index (χ4v) is 1.39. The molecule has 4 heteroatoms. The summed E-state index contributed by atoms with van der Waals surface area (Å²) in [5, 5.41) is 9.12. The third kappa shape index (κ3) is 4.20. The lowest BCUT2D eigenvalue weighted by Gasteiger charge is -2.06. The van der Waals surface area contributed by atoms with E-state index in [2.05, 4.69) is 0 Å². The van der Waals surface area contributed by atoms with Crippen LogP contribution in [0.4, 0.5) is 0 Å². The van der Waals surface area contributed by atoms with Crippen molar-refractivity contribution in [2.24, 2.45) is 0 Å². The van der Waals surface area contributed by atoms with Crippen LogP contribution in [0.3, 0.4) is 0 Å². The molecule has 0 heterocycles. The van der Waals surface area contributed by atoms with Gasteiger partial charge in [0.05, 0.1) is 23.2 Å². The maximum Gasteiger partial charge on any atom is 0.339 e. The van der Waals surface area contributed by atoms with Crippen LogP contribution in [0.25, 0.3) is 0 Å². The minimum atomic E-state index is -1.59. The van der Waals surface area contributed by atoms with Crippen LogP contribution in [0, 0.1) is 0 Å². The third-order valence-corrected chi connectivity index (χ3v) is 2.34. The number of unbranched alkanes of at least 4 members (excludes halogenated alkanes) is 3. The Morgan fingerprint density at radius 2 is 1.89 bits per heavy atom. The van der Waals surface area contributed by atoms with E-state index in [0.29, 0.717) is 6.42 Å². The fraction of sp³-hybridized carbons (Fsp3) is 0.429. The quantitative estimate of drug-likeness (QED) is 0.599. The molecule has 0 atom stereocenters. The van der Waals surface area contributed by atoms with Crippen molar-refractivity contribution < 1.29 is 24.9 Å². The van der Waals surface area contributed by atoms with E-state index in [1.54, 1.807) is 0 Å². The topological polar surface area (TPSA) is 63.6 Å². The van der Waals surface area contributed by atoms with Crippen molar-refractivity contribution in [2.75, 3.05) is 6.61 Å². The molecule has 0 radical (unpaired) electrons. The molecule has 1 rings (SSSR count). The first-order valence-electron chi connectivity index (χ1n) is 7.83. The number of carbonyl (C=O) groups excluding carboxylic acids is 1. The van der Waals surface area contributed by atoms with E-state index in [9.17, 15) is 9.59 Å². The standard InChI is InChI=1S/C14H18O4/c1-2-3-4-7-10-18-14(17)12-9-6-5-8-11(12)13(15)16/h5-6,8-9H,2-4,7,10H2,1H3,(H,15,16)/i5D,6D,8D,9D. The number of rotatable bonds is 7. The molecule has 0 unspecified atom stereocenters. The van der Waals surface area contributed by atoms with Gasteiger partial charge in [-0.25, -0.2) is 9.59 Å². The minimum Gasteiger partial charge on any atom is -0.478 e. The molecule has 0 aliphatic rings. The largest absolute Gasteiger partial charge is 0.478 e. The molecule has 1 N–H and O–H groups in total. The van der Waals surface area contributed by atoms with Crippen LogP contribution in [-0.2, 0) is 4.74 Å². The van der Waals surface area contributed by atoms with Gasteiger partial charge in [0.25, 0.3) is 0 Å². The molecule has 0 saturated heterocycles. The average molecular weight is 254 g/mol. The Hall–Kier alpha value is -1.84. The van der Waals surface area contributed by atoms with Gasteiger partial charge >= 0.3 is 11.9 Å². The van der Waals surface area contributed by atoms with Crippen LogP contribution in [0.1, 0.15) is 58.8 Å². The molecule has 0 amide bonds. The van der Waals surface area contributed by atoms with Crippen molar-refractivity contribution >= 4 is 11.9 Å². The first-order valence-corrected chi connectivity index (χ1v) is 5.83. The zero-order chi connectivity index (χ0) is 16.9. The Labute approximate surface area is 112 Å². The van der Waals surface area contributed by atoms with Gasteiger partial charge in [-0.15, -0.1) is 0 Å². The molecular formula is C14H18O4. The van der Waals surface area contributed by atoms with Gasteiger partial charge in [0.15, 0.2) is 0 Å². The van der Waals surface area contributed by atoms with Gasteiger partial charge in [-0.05, 0) is 18.5 Å². The van der Waals surface area contributed by atoms with Gasteiger partial charge in [-0.2, -0.15) is 0 Å². The molecule has 18 heavy (non-hydrogen) atoms. The van der Waals surface area contributed by atoms with Gasteiger partial charge in [-0.3, -0.25) is 0 Å². The van der Waals surface area contributed by atoms with Gasteiger partial charge in [-0.1, -0.05) is 38.3 Å². The van der Waals surface area contributed by atoms with Crippen molar-refractivity contribution in [1.29, 1.82) is 0 Å². The van der Waals surface area contributed by atoms with Gasteiger partial charge in [0.1, 0.15) is 0 Å². The molecule has 0 spiro atoms. The van der Waals surface area contributed by atoms with Crippen molar-refractivity contribution in [2.45, 2.75) is 32.6 Å². The normalized spacial score (nSPS) is 13.2. The molecule has 98 valence electrons. The van der Waals surface area contributed by atoms with Crippen molar-refractivity contribution in [3.8, 4) is 0 Å². The van der Waals surface area contributed by atoms with Crippen molar-refractivity contribution in [3.05, 3.63) is 35.3 Å². The van der Waals surface area contributed by atoms with Gasteiger partial charge < -0.3 is 9.84 Å². The lowest BCUT2D eigenvalue weighted by Crippen LogP contribution is -2.12. The zero-order valence-electron chi connectivity index (χ0n) is 14.2. The predicted molar refractivity (Wildman–Crippen MR) is 67.8 cm³/mol. The van der Waals surface area contributed by atoms with Crippen LogP contribution in [0.5, 0.6) is 0 Å². The lowest BCUT2D eigenvalue weighted by molar-refractivity contribution is 0.0487. The molecule has 1 aromatic rings. The monoisotopic (exact) mass is 254 g/mol. The smallest absolute Gasteiger partial charge is 0.339 e. The van der Waals surface area contributed by atoms with E-state index >= 15 is 0 Å². The number of ether oxygens (including phenoxy) is 1. The summed E-state index contributed by atoms with van der Waals surface area (Å²) in [4.78, 5) is 23.2. The van der Waals surface area contributed by atoms with E-state index < -0.39 is 47.2 Å². The number of carbonyl (C=O) groups is 2. The minimum absolute atomic E-state index is 0.0840. The van der Waals surface area contributed by atoms with E-state index in [1.807, 2.05) is 6.92 Å². The fourth-order valence-electron chi connectivity index (χ4n) is 1.39. The molecule has 0 bridgehead atoms. The van der Waals surface area contributed by atoms with Gasteiger partial charge in [0.2, 0.25) is 0 Å².